The molecule has 0 spiro atoms. The predicted octanol–water partition coefficient (Wildman–Crippen LogP) is 4.34. The Morgan fingerprint density at radius 1 is 1.14 bits per heavy atom. The Morgan fingerprint density at radius 3 is 2.83 bits per heavy atom. The van der Waals surface area contributed by atoms with Gasteiger partial charge in [-0.25, -0.2) is 0 Å². The molecule has 6 nitrogen and oxygen atoms in total. The van der Waals surface area contributed by atoms with Crippen LogP contribution in [0, 0.1) is 5.92 Å². The van der Waals surface area contributed by atoms with E-state index in [1.54, 1.807) is 0 Å². The molecule has 2 atom stereocenters. The summed E-state index contributed by atoms with van der Waals surface area (Å²) < 4.78 is 0. The first-order chi connectivity index (χ1) is 17.1. The second kappa shape index (κ2) is 12.6. The van der Waals surface area contributed by atoms with Crippen LogP contribution in [-0.2, 0) is 0 Å². The molecule has 7 heteroatoms. The highest BCUT2D eigenvalue weighted by atomic mass is 35.5. The van der Waals surface area contributed by atoms with Gasteiger partial charge in [0, 0.05) is 63.4 Å². The molecule has 190 valence electrons. The smallest absolute Gasteiger partial charge is 0.118 e. The van der Waals surface area contributed by atoms with Gasteiger partial charge < -0.3 is 20.0 Å². The van der Waals surface area contributed by atoms with Crippen molar-refractivity contribution in [3.63, 3.8) is 0 Å². The quantitative estimate of drug-likeness (QED) is 0.588. The normalized spacial score (nSPS) is 24.2. The first-order valence-corrected chi connectivity index (χ1v) is 13.5. The summed E-state index contributed by atoms with van der Waals surface area (Å²) in [6.07, 6.45) is 12.7. The van der Waals surface area contributed by atoms with Gasteiger partial charge in [0.2, 0.25) is 0 Å². The summed E-state index contributed by atoms with van der Waals surface area (Å²) in [5.41, 5.74) is 4.30. The number of anilines is 1. The van der Waals surface area contributed by atoms with E-state index in [1.165, 1.54) is 25.1 Å². The van der Waals surface area contributed by atoms with Gasteiger partial charge >= 0.3 is 0 Å². The third kappa shape index (κ3) is 7.12. The molecule has 0 bridgehead atoms. The van der Waals surface area contributed by atoms with Crippen LogP contribution in [0.5, 0.6) is 0 Å². The second-order valence-corrected chi connectivity index (χ2v) is 10.2. The number of hydrogen-bond donors (Lipinski definition) is 2. The minimum absolute atomic E-state index is 0.0247. The van der Waals surface area contributed by atoms with Gasteiger partial charge in [0.25, 0.3) is 0 Å². The Labute approximate surface area is 216 Å². The molecule has 2 N–H and O–H groups in total. The first-order valence-electron chi connectivity index (χ1n) is 13.1. The van der Waals surface area contributed by atoms with E-state index in [0.29, 0.717) is 11.0 Å². The average molecular weight is 497 g/mol. The number of nitrogens with one attached hydrogen (secondary N) is 2. The maximum absolute atomic E-state index is 6.69. The van der Waals surface area contributed by atoms with Crippen LogP contribution < -0.4 is 10.6 Å². The van der Waals surface area contributed by atoms with Gasteiger partial charge in [-0.05, 0) is 56.5 Å². The standard InChI is InChI=1S/C28H41ClN6/c1-4-34-13-5-6-14-35(16-15-34)25-12-7-9-22(17-25)19-31-27-21-33(3)20-26(29)28(32-27)23-10-8-11-24(18-23)30-2/h7-8,10-12,17-18,20,22,27,30-31H,4-6,9,13-16,19,21H2,1-3H3. The molecule has 35 heavy (non-hydrogen) atoms. The van der Waals surface area contributed by atoms with Crippen LogP contribution in [0.4, 0.5) is 5.69 Å². The van der Waals surface area contributed by atoms with Crippen molar-refractivity contribution < 1.29 is 0 Å². The number of rotatable bonds is 7. The fraction of sp³-hybridized carbons (Fsp3) is 0.536. The summed E-state index contributed by atoms with van der Waals surface area (Å²) in [6, 6.07) is 8.26. The number of aliphatic imine (C=N–C) groups is 1. The van der Waals surface area contributed by atoms with Crippen molar-refractivity contribution in [2.75, 3.05) is 65.2 Å². The zero-order valence-corrected chi connectivity index (χ0v) is 22.3. The Hall–Kier alpha value is -2.28. The first kappa shape index (κ1) is 25.8. The highest BCUT2D eigenvalue weighted by Crippen LogP contribution is 2.23. The lowest BCUT2D eigenvalue weighted by atomic mass is 9.98. The summed E-state index contributed by atoms with van der Waals surface area (Å²) in [7, 11) is 3.99. The zero-order chi connectivity index (χ0) is 24.6. The lowest BCUT2D eigenvalue weighted by Gasteiger charge is -2.34. The van der Waals surface area contributed by atoms with Crippen LogP contribution in [-0.4, -0.2) is 86.5 Å². The van der Waals surface area contributed by atoms with Crippen molar-refractivity contribution >= 4 is 23.0 Å². The van der Waals surface area contributed by atoms with E-state index in [9.17, 15) is 0 Å². The number of allylic oxidation sites excluding steroid dienone is 3. The van der Waals surface area contributed by atoms with Gasteiger partial charge in [0.1, 0.15) is 6.17 Å². The van der Waals surface area contributed by atoms with Gasteiger partial charge in [-0.3, -0.25) is 10.3 Å². The molecular weight excluding hydrogens is 456 g/mol. The molecular formula is C28H41ClN6. The number of benzene rings is 1. The Bertz CT molecular complexity index is 968. The summed E-state index contributed by atoms with van der Waals surface area (Å²) in [5, 5.41) is 7.61. The molecule has 3 aliphatic rings. The van der Waals surface area contributed by atoms with E-state index in [0.717, 1.165) is 62.7 Å². The molecule has 1 saturated heterocycles. The second-order valence-electron chi connectivity index (χ2n) is 9.77. The van der Waals surface area contributed by atoms with Crippen LogP contribution in [0.1, 0.15) is 31.7 Å². The average Bonchev–Trinajstić information content (AvgIpc) is 3.00. The fourth-order valence-corrected chi connectivity index (χ4v) is 5.37. The monoisotopic (exact) mass is 496 g/mol. The molecule has 1 fully saturated rings. The highest BCUT2D eigenvalue weighted by molar-refractivity contribution is 6.46. The fourth-order valence-electron chi connectivity index (χ4n) is 5.05. The SMILES string of the molecule is CCN1CCCCN(C2=CC(CNC3CN(C)C=C(Cl)C(c4cccc(NC)c4)=N3)CC=C2)CC1. The summed E-state index contributed by atoms with van der Waals surface area (Å²) in [6.45, 7) is 9.75. The third-order valence-corrected chi connectivity index (χ3v) is 7.41. The van der Waals surface area contributed by atoms with Crippen molar-refractivity contribution in [2.24, 2.45) is 10.9 Å². The van der Waals surface area contributed by atoms with Gasteiger partial charge in [0.05, 0.1) is 17.3 Å². The lowest BCUT2D eigenvalue weighted by Crippen LogP contribution is -2.40. The van der Waals surface area contributed by atoms with E-state index < -0.39 is 0 Å². The van der Waals surface area contributed by atoms with Crippen molar-refractivity contribution in [3.05, 3.63) is 65.0 Å². The maximum Gasteiger partial charge on any atom is 0.118 e. The van der Waals surface area contributed by atoms with Crippen LogP contribution in [0.25, 0.3) is 0 Å². The van der Waals surface area contributed by atoms with Gasteiger partial charge in [0.15, 0.2) is 0 Å². The minimum Gasteiger partial charge on any atom is -0.388 e. The van der Waals surface area contributed by atoms with Gasteiger partial charge in [-0.1, -0.05) is 42.8 Å². The number of likely N-dealkylation sites (N-methyl/N-ethyl adjacent to an activating group) is 2. The number of halogens is 1. The largest absolute Gasteiger partial charge is 0.388 e. The zero-order valence-electron chi connectivity index (χ0n) is 21.5. The van der Waals surface area contributed by atoms with Crippen LogP contribution in [0.3, 0.4) is 0 Å². The lowest BCUT2D eigenvalue weighted by molar-refractivity contribution is 0.207. The van der Waals surface area contributed by atoms with Crippen LogP contribution in [0.2, 0.25) is 0 Å². The van der Waals surface area contributed by atoms with E-state index in [1.807, 2.05) is 25.4 Å². The van der Waals surface area contributed by atoms with Crippen LogP contribution >= 0.6 is 11.6 Å². The molecule has 1 aliphatic carbocycles. The molecule has 1 aromatic rings. The summed E-state index contributed by atoms with van der Waals surface area (Å²) in [4.78, 5) is 12.3. The van der Waals surface area contributed by atoms with E-state index in [4.69, 9.17) is 16.6 Å². The molecule has 0 saturated carbocycles. The molecule has 4 rings (SSSR count). The molecule has 0 aromatic heterocycles. The van der Waals surface area contributed by atoms with Gasteiger partial charge in [-0.2, -0.15) is 0 Å². The molecule has 2 aliphatic heterocycles. The van der Waals surface area contributed by atoms with Crippen molar-refractivity contribution in [2.45, 2.75) is 32.4 Å². The minimum atomic E-state index is -0.0247. The Balaban J connectivity index is 1.43. The van der Waals surface area contributed by atoms with E-state index >= 15 is 0 Å². The van der Waals surface area contributed by atoms with Crippen molar-refractivity contribution in [1.29, 1.82) is 0 Å². The molecule has 0 radical (unpaired) electrons. The molecule has 1 aromatic carbocycles. The predicted molar refractivity (Wildman–Crippen MR) is 149 cm³/mol. The molecule has 2 unspecified atom stereocenters. The summed E-state index contributed by atoms with van der Waals surface area (Å²) in [5.74, 6) is 0.464. The number of hydrogen-bond acceptors (Lipinski definition) is 6. The van der Waals surface area contributed by atoms with Crippen molar-refractivity contribution in [3.8, 4) is 0 Å². The van der Waals surface area contributed by atoms with Crippen molar-refractivity contribution in [1.82, 2.24) is 20.0 Å². The van der Waals surface area contributed by atoms with Crippen LogP contribution in [0.15, 0.2) is 64.4 Å². The van der Waals surface area contributed by atoms with E-state index in [2.05, 4.69) is 69.7 Å². The molecule has 0 amide bonds. The van der Waals surface area contributed by atoms with Gasteiger partial charge in [-0.15, -0.1) is 0 Å². The highest BCUT2D eigenvalue weighted by Gasteiger charge is 2.21. The molecule has 2 heterocycles. The maximum atomic E-state index is 6.69. The summed E-state index contributed by atoms with van der Waals surface area (Å²) >= 11 is 6.69. The topological polar surface area (TPSA) is 46.1 Å². The Kier molecular flexibility index (Phi) is 9.30. The number of nitrogens with zero attached hydrogens (tertiary/aromatic N) is 4. The Morgan fingerprint density at radius 2 is 2.00 bits per heavy atom. The van der Waals surface area contributed by atoms with E-state index in [-0.39, 0.29) is 6.17 Å². The third-order valence-electron chi connectivity index (χ3n) is 7.13.